The second-order valence-corrected chi connectivity index (χ2v) is 4.63. The van der Waals surface area contributed by atoms with Crippen molar-refractivity contribution in [2.24, 2.45) is 5.92 Å². The number of amides is 1. The van der Waals surface area contributed by atoms with Crippen molar-refractivity contribution in [1.82, 2.24) is 19.7 Å². The number of anilines is 1. The Kier molecular flexibility index (Phi) is 4.14. The van der Waals surface area contributed by atoms with Gasteiger partial charge in [0, 0.05) is 20.2 Å². The van der Waals surface area contributed by atoms with Crippen molar-refractivity contribution in [3.63, 3.8) is 0 Å². The first-order chi connectivity index (χ1) is 8.65. The molecule has 0 radical (unpaired) electrons. The lowest BCUT2D eigenvalue weighted by atomic mass is 10.4. The van der Waals surface area contributed by atoms with Gasteiger partial charge in [0.15, 0.2) is 0 Å². The number of ether oxygens (including phenoxy) is 1. The smallest absolute Gasteiger partial charge is 0.244 e. The van der Waals surface area contributed by atoms with Gasteiger partial charge in [-0.05, 0) is 18.8 Å². The van der Waals surface area contributed by atoms with Crippen molar-refractivity contribution >= 4 is 11.9 Å². The minimum atomic E-state index is -0.0325. The highest BCUT2D eigenvalue weighted by Crippen LogP contribution is 2.28. The predicted octanol–water partition coefficient (Wildman–Crippen LogP) is -0.255. The Morgan fingerprint density at radius 2 is 2.44 bits per heavy atom. The Hall–Kier alpha value is -1.63. The molecule has 7 nitrogen and oxygen atoms in total. The van der Waals surface area contributed by atoms with Gasteiger partial charge in [-0.3, -0.25) is 4.79 Å². The fourth-order valence-electron chi connectivity index (χ4n) is 1.51. The molecule has 0 bridgehead atoms. The molecule has 0 aliphatic heterocycles. The van der Waals surface area contributed by atoms with E-state index in [1.165, 1.54) is 23.9 Å². The topological polar surface area (TPSA) is 86.3 Å². The zero-order chi connectivity index (χ0) is 13.0. The summed E-state index contributed by atoms with van der Waals surface area (Å²) in [5.41, 5.74) is 5.37. The second-order valence-electron chi connectivity index (χ2n) is 4.63. The Bertz CT molecular complexity index is 402. The summed E-state index contributed by atoms with van der Waals surface area (Å²) in [6.07, 6.45) is 4.01. The zero-order valence-corrected chi connectivity index (χ0v) is 10.6. The van der Waals surface area contributed by atoms with E-state index in [2.05, 4.69) is 10.1 Å². The maximum atomic E-state index is 11.8. The highest BCUT2D eigenvalue weighted by molar-refractivity contribution is 5.75. The van der Waals surface area contributed by atoms with Crippen molar-refractivity contribution in [1.29, 1.82) is 0 Å². The molecule has 0 spiro atoms. The van der Waals surface area contributed by atoms with Crippen LogP contribution in [0.1, 0.15) is 12.8 Å². The highest BCUT2D eigenvalue weighted by atomic mass is 16.5. The molecule has 1 heterocycles. The zero-order valence-electron chi connectivity index (χ0n) is 10.6. The van der Waals surface area contributed by atoms with Crippen LogP contribution in [0.25, 0.3) is 0 Å². The molecule has 1 fully saturated rings. The van der Waals surface area contributed by atoms with E-state index in [-0.39, 0.29) is 18.4 Å². The van der Waals surface area contributed by atoms with E-state index in [4.69, 9.17) is 10.5 Å². The van der Waals surface area contributed by atoms with Gasteiger partial charge in [0.25, 0.3) is 0 Å². The SMILES string of the molecule is CN(CCOCC1CC1)C(=O)Cn1cnc(N)n1. The number of hydrogen-bond donors (Lipinski definition) is 1. The first-order valence-corrected chi connectivity index (χ1v) is 6.12. The van der Waals surface area contributed by atoms with E-state index in [0.717, 1.165) is 12.5 Å². The maximum absolute atomic E-state index is 11.8. The average molecular weight is 253 g/mol. The van der Waals surface area contributed by atoms with E-state index >= 15 is 0 Å². The van der Waals surface area contributed by atoms with Gasteiger partial charge in [-0.15, -0.1) is 5.10 Å². The summed E-state index contributed by atoms with van der Waals surface area (Å²) in [5.74, 6) is 0.900. The molecule has 1 saturated carbocycles. The number of nitrogens with zero attached hydrogens (tertiary/aromatic N) is 4. The Labute approximate surface area is 106 Å². The second kappa shape index (κ2) is 5.81. The normalized spacial score (nSPS) is 14.7. The Balaban J connectivity index is 1.64. The lowest BCUT2D eigenvalue weighted by Crippen LogP contribution is -2.33. The first-order valence-electron chi connectivity index (χ1n) is 6.12. The summed E-state index contributed by atoms with van der Waals surface area (Å²) in [7, 11) is 1.75. The lowest BCUT2D eigenvalue weighted by molar-refractivity contribution is -0.131. The largest absolute Gasteiger partial charge is 0.379 e. The number of nitrogen functional groups attached to an aromatic ring is 1. The average Bonchev–Trinajstić information content (AvgIpc) is 3.08. The van der Waals surface area contributed by atoms with Crippen molar-refractivity contribution in [2.45, 2.75) is 19.4 Å². The molecule has 1 aromatic rings. The van der Waals surface area contributed by atoms with Crippen molar-refractivity contribution in [2.75, 3.05) is 32.5 Å². The van der Waals surface area contributed by atoms with Gasteiger partial charge in [0.1, 0.15) is 12.9 Å². The van der Waals surface area contributed by atoms with Crippen LogP contribution in [0.15, 0.2) is 6.33 Å². The molecule has 0 atom stereocenters. The summed E-state index contributed by atoms with van der Waals surface area (Å²) in [6, 6.07) is 0. The molecule has 0 aromatic carbocycles. The third-order valence-corrected chi connectivity index (χ3v) is 2.90. The summed E-state index contributed by atoms with van der Waals surface area (Å²) < 4.78 is 6.91. The minimum absolute atomic E-state index is 0.0325. The molecule has 1 aliphatic carbocycles. The van der Waals surface area contributed by atoms with Crippen LogP contribution in [-0.2, 0) is 16.1 Å². The van der Waals surface area contributed by atoms with E-state index in [9.17, 15) is 4.79 Å². The summed E-state index contributed by atoms with van der Waals surface area (Å²) in [4.78, 5) is 17.2. The monoisotopic (exact) mass is 253 g/mol. The van der Waals surface area contributed by atoms with Crippen molar-refractivity contribution in [3.8, 4) is 0 Å². The summed E-state index contributed by atoms with van der Waals surface area (Å²) in [6.45, 7) is 2.15. The molecular formula is C11H19N5O2. The summed E-state index contributed by atoms with van der Waals surface area (Å²) in [5, 5.41) is 3.87. The molecule has 0 unspecified atom stereocenters. The van der Waals surface area contributed by atoms with Gasteiger partial charge in [0.2, 0.25) is 11.9 Å². The van der Waals surface area contributed by atoms with Crippen LogP contribution >= 0.6 is 0 Å². The predicted molar refractivity (Wildman–Crippen MR) is 65.6 cm³/mol. The molecule has 0 saturated heterocycles. The summed E-state index contributed by atoms with van der Waals surface area (Å²) >= 11 is 0. The minimum Gasteiger partial charge on any atom is -0.379 e. The number of carbonyl (C=O) groups is 1. The van der Waals surface area contributed by atoms with Gasteiger partial charge in [0.05, 0.1) is 6.61 Å². The van der Waals surface area contributed by atoms with Crippen LogP contribution in [0.3, 0.4) is 0 Å². The number of carbonyl (C=O) groups excluding carboxylic acids is 1. The van der Waals surface area contributed by atoms with E-state index in [0.29, 0.717) is 13.2 Å². The Morgan fingerprint density at radius 1 is 1.67 bits per heavy atom. The third-order valence-electron chi connectivity index (χ3n) is 2.90. The molecule has 18 heavy (non-hydrogen) atoms. The van der Waals surface area contributed by atoms with Gasteiger partial charge in [-0.25, -0.2) is 9.67 Å². The molecule has 1 aliphatic rings. The van der Waals surface area contributed by atoms with Crippen LogP contribution in [0, 0.1) is 5.92 Å². The van der Waals surface area contributed by atoms with E-state index in [1.807, 2.05) is 0 Å². The van der Waals surface area contributed by atoms with Gasteiger partial charge in [-0.2, -0.15) is 0 Å². The van der Waals surface area contributed by atoms with E-state index < -0.39 is 0 Å². The number of aromatic nitrogens is 3. The molecular weight excluding hydrogens is 234 g/mol. The first kappa shape index (κ1) is 12.8. The fraction of sp³-hybridized carbons (Fsp3) is 0.727. The molecule has 2 N–H and O–H groups in total. The van der Waals surface area contributed by atoms with Crippen LogP contribution in [0.2, 0.25) is 0 Å². The number of hydrogen-bond acceptors (Lipinski definition) is 5. The lowest BCUT2D eigenvalue weighted by Gasteiger charge is -2.16. The van der Waals surface area contributed by atoms with Crippen LogP contribution in [0.5, 0.6) is 0 Å². The van der Waals surface area contributed by atoms with Crippen LogP contribution in [0.4, 0.5) is 5.95 Å². The molecule has 2 rings (SSSR count). The van der Waals surface area contributed by atoms with Gasteiger partial charge < -0.3 is 15.4 Å². The molecule has 100 valence electrons. The number of nitrogens with two attached hydrogens (primary N) is 1. The number of likely N-dealkylation sites (N-methyl/N-ethyl adjacent to an activating group) is 1. The quantitative estimate of drug-likeness (QED) is 0.677. The molecule has 1 amide bonds. The van der Waals surface area contributed by atoms with Crippen LogP contribution in [-0.4, -0.2) is 52.4 Å². The number of rotatable bonds is 7. The van der Waals surface area contributed by atoms with Crippen molar-refractivity contribution < 1.29 is 9.53 Å². The third kappa shape index (κ3) is 3.99. The van der Waals surface area contributed by atoms with E-state index in [1.54, 1.807) is 11.9 Å². The fourth-order valence-corrected chi connectivity index (χ4v) is 1.51. The van der Waals surface area contributed by atoms with Gasteiger partial charge in [-0.1, -0.05) is 0 Å². The molecule has 7 heteroatoms. The standard InChI is InChI=1S/C11H19N5O2/c1-15(4-5-18-7-9-2-3-9)10(17)6-16-8-13-11(12)14-16/h8-9H,2-7H2,1H3,(H2,12,14). The molecule has 1 aromatic heterocycles. The van der Waals surface area contributed by atoms with Gasteiger partial charge >= 0.3 is 0 Å². The van der Waals surface area contributed by atoms with Crippen LogP contribution < -0.4 is 5.73 Å². The highest BCUT2D eigenvalue weighted by Gasteiger charge is 2.21. The maximum Gasteiger partial charge on any atom is 0.244 e. The van der Waals surface area contributed by atoms with Crippen molar-refractivity contribution in [3.05, 3.63) is 6.33 Å². The Morgan fingerprint density at radius 3 is 3.06 bits per heavy atom.